The van der Waals surface area contributed by atoms with Gasteiger partial charge >= 0.3 is 0 Å². The van der Waals surface area contributed by atoms with E-state index in [4.69, 9.17) is 10.5 Å². The van der Waals surface area contributed by atoms with Crippen molar-refractivity contribution in [2.75, 3.05) is 17.6 Å². The Morgan fingerprint density at radius 3 is 2.38 bits per heavy atom. The fraction of sp³-hybridized carbons (Fsp3) is 0.0769. The number of hydrogen-bond donors (Lipinski definition) is 2. The zero-order chi connectivity index (χ0) is 15.6. The number of methoxy groups -OCH3 is 1. The van der Waals surface area contributed by atoms with Crippen molar-refractivity contribution in [3.05, 3.63) is 48.0 Å². The van der Waals surface area contributed by atoms with E-state index in [0.29, 0.717) is 11.8 Å². The second kappa shape index (κ2) is 5.57. The van der Waals surface area contributed by atoms with Gasteiger partial charge in [-0.2, -0.15) is 0 Å². The Morgan fingerprint density at radius 2 is 1.81 bits per heavy atom. The first-order valence-corrected chi connectivity index (χ1v) is 7.23. The molecule has 8 heteroatoms. The van der Waals surface area contributed by atoms with E-state index in [1.807, 2.05) is 0 Å². The van der Waals surface area contributed by atoms with Crippen molar-refractivity contribution in [1.29, 1.82) is 0 Å². The van der Waals surface area contributed by atoms with Gasteiger partial charge < -0.3 is 10.5 Å². The molecule has 0 aliphatic heterocycles. The first-order chi connectivity index (χ1) is 9.83. The van der Waals surface area contributed by atoms with Gasteiger partial charge in [0.15, 0.2) is 11.6 Å². The number of anilines is 2. The van der Waals surface area contributed by atoms with Crippen LogP contribution in [0.4, 0.5) is 20.2 Å². The maximum atomic E-state index is 13.1. The monoisotopic (exact) mass is 314 g/mol. The molecule has 0 aliphatic carbocycles. The first-order valence-electron chi connectivity index (χ1n) is 5.75. The van der Waals surface area contributed by atoms with Crippen LogP contribution in [0, 0.1) is 11.6 Å². The van der Waals surface area contributed by atoms with Crippen LogP contribution in [-0.4, -0.2) is 15.5 Å². The van der Waals surface area contributed by atoms with Crippen molar-refractivity contribution >= 4 is 21.4 Å². The van der Waals surface area contributed by atoms with Crippen molar-refractivity contribution in [3.63, 3.8) is 0 Å². The van der Waals surface area contributed by atoms with E-state index in [9.17, 15) is 17.2 Å². The van der Waals surface area contributed by atoms with E-state index >= 15 is 0 Å². The van der Waals surface area contributed by atoms with Crippen molar-refractivity contribution < 1.29 is 21.9 Å². The molecule has 0 amide bonds. The smallest absolute Gasteiger partial charge is 0.262 e. The van der Waals surface area contributed by atoms with Gasteiger partial charge in [0.05, 0.1) is 23.4 Å². The lowest BCUT2D eigenvalue weighted by Crippen LogP contribution is -2.14. The maximum Gasteiger partial charge on any atom is 0.262 e. The van der Waals surface area contributed by atoms with Gasteiger partial charge in [-0.1, -0.05) is 0 Å². The van der Waals surface area contributed by atoms with Crippen LogP contribution in [0.5, 0.6) is 5.75 Å². The molecule has 0 aliphatic rings. The lowest BCUT2D eigenvalue weighted by molar-refractivity contribution is 0.415. The van der Waals surface area contributed by atoms with Crippen LogP contribution in [0.3, 0.4) is 0 Å². The number of nitrogens with two attached hydrogens (primary N) is 1. The van der Waals surface area contributed by atoms with E-state index < -0.39 is 26.6 Å². The van der Waals surface area contributed by atoms with Crippen LogP contribution in [0.15, 0.2) is 41.3 Å². The molecule has 2 aromatic rings. The summed E-state index contributed by atoms with van der Waals surface area (Å²) < 4.78 is 57.3. The highest BCUT2D eigenvalue weighted by molar-refractivity contribution is 7.92. The van der Waals surface area contributed by atoms with Gasteiger partial charge in [0.25, 0.3) is 10.0 Å². The topological polar surface area (TPSA) is 81.4 Å². The molecule has 0 saturated heterocycles. The fourth-order valence-corrected chi connectivity index (χ4v) is 2.71. The Hall–Kier alpha value is -2.35. The predicted octanol–water partition coefficient (Wildman–Crippen LogP) is 2.36. The van der Waals surface area contributed by atoms with Gasteiger partial charge in [-0.05, 0) is 30.3 Å². The molecule has 0 fully saturated rings. The largest absolute Gasteiger partial charge is 0.497 e. The second-order valence-corrected chi connectivity index (χ2v) is 5.82. The lowest BCUT2D eigenvalue weighted by Gasteiger charge is -2.11. The molecular formula is C13H12F2N2O3S. The Bertz CT molecular complexity index is 779. The zero-order valence-electron chi connectivity index (χ0n) is 10.9. The average molecular weight is 314 g/mol. The van der Waals surface area contributed by atoms with Crippen LogP contribution in [-0.2, 0) is 10.0 Å². The van der Waals surface area contributed by atoms with Gasteiger partial charge in [0, 0.05) is 6.07 Å². The Labute approximate surface area is 120 Å². The Balaban J connectivity index is 2.35. The van der Waals surface area contributed by atoms with Gasteiger partial charge in [-0.3, -0.25) is 4.72 Å². The van der Waals surface area contributed by atoms with E-state index in [1.54, 1.807) is 0 Å². The molecule has 2 aromatic carbocycles. The van der Waals surface area contributed by atoms with E-state index in [2.05, 4.69) is 4.72 Å². The summed E-state index contributed by atoms with van der Waals surface area (Å²) in [4.78, 5) is -0.406. The molecule has 0 heterocycles. The third-order valence-electron chi connectivity index (χ3n) is 2.70. The highest BCUT2D eigenvalue weighted by atomic mass is 32.2. The van der Waals surface area contributed by atoms with Crippen LogP contribution in [0.2, 0.25) is 0 Å². The summed E-state index contributed by atoms with van der Waals surface area (Å²) in [6.45, 7) is 0. The number of nitrogens with one attached hydrogen (secondary N) is 1. The van der Waals surface area contributed by atoms with Crippen LogP contribution >= 0.6 is 0 Å². The van der Waals surface area contributed by atoms with Crippen molar-refractivity contribution in [3.8, 4) is 5.75 Å². The van der Waals surface area contributed by atoms with E-state index in [1.165, 1.54) is 25.3 Å². The van der Waals surface area contributed by atoms with Crippen molar-refractivity contribution in [1.82, 2.24) is 0 Å². The molecule has 0 spiro atoms. The molecule has 112 valence electrons. The summed E-state index contributed by atoms with van der Waals surface area (Å²) in [7, 11) is -2.63. The summed E-state index contributed by atoms with van der Waals surface area (Å²) in [6, 6.07) is 6.65. The average Bonchev–Trinajstić information content (AvgIpc) is 2.43. The molecule has 0 atom stereocenters. The molecule has 3 N–H and O–H groups in total. The number of ether oxygens (including phenoxy) is 1. The minimum atomic E-state index is -4.07. The quantitative estimate of drug-likeness (QED) is 0.849. The van der Waals surface area contributed by atoms with Gasteiger partial charge in [-0.15, -0.1) is 0 Å². The summed E-state index contributed by atoms with van der Waals surface area (Å²) in [6.07, 6.45) is 0. The standard InChI is InChI=1S/C13H12F2N2O3S/c1-20-8-2-5-13(12(16)6-8)17-21(18,19)9-3-4-10(14)11(15)7-9/h2-7,17H,16H2,1H3. The fourth-order valence-electron chi connectivity index (χ4n) is 1.61. The first kappa shape index (κ1) is 15.0. The molecule has 0 bridgehead atoms. The summed E-state index contributed by atoms with van der Waals surface area (Å²) in [5, 5.41) is 0. The Morgan fingerprint density at radius 1 is 1.10 bits per heavy atom. The Kier molecular flexibility index (Phi) is 3.99. The number of hydrogen-bond acceptors (Lipinski definition) is 4. The van der Waals surface area contributed by atoms with Crippen molar-refractivity contribution in [2.45, 2.75) is 4.90 Å². The van der Waals surface area contributed by atoms with Gasteiger partial charge in [0.2, 0.25) is 0 Å². The number of nitrogen functional groups attached to an aromatic ring is 1. The van der Waals surface area contributed by atoms with Crippen LogP contribution < -0.4 is 15.2 Å². The van der Waals surface area contributed by atoms with Gasteiger partial charge in [0.1, 0.15) is 5.75 Å². The molecule has 0 saturated carbocycles. The number of benzene rings is 2. The zero-order valence-corrected chi connectivity index (χ0v) is 11.7. The van der Waals surface area contributed by atoms with Gasteiger partial charge in [-0.25, -0.2) is 17.2 Å². The molecule has 0 aromatic heterocycles. The third-order valence-corrected chi connectivity index (χ3v) is 4.07. The van der Waals surface area contributed by atoms with Crippen molar-refractivity contribution in [2.24, 2.45) is 0 Å². The summed E-state index contributed by atoms with van der Waals surface area (Å²) in [5.41, 5.74) is 5.95. The van der Waals surface area contributed by atoms with Crippen LogP contribution in [0.1, 0.15) is 0 Å². The molecule has 2 rings (SSSR count). The minimum Gasteiger partial charge on any atom is -0.497 e. The maximum absolute atomic E-state index is 13.1. The molecule has 21 heavy (non-hydrogen) atoms. The number of halogens is 2. The molecular weight excluding hydrogens is 302 g/mol. The minimum absolute atomic E-state index is 0.112. The summed E-state index contributed by atoms with van der Waals surface area (Å²) >= 11 is 0. The lowest BCUT2D eigenvalue weighted by atomic mass is 10.2. The molecule has 0 radical (unpaired) electrons. The highest BCUT2D eigenvalue weighted by Gasteiger charge is 2.18. The van der Waals surface area contributed by atoms with E-state index in [0.717, 1.165) is 12.1 Å². The predicted molar refractivity (Wildman–Crippen MR) is 74.6 cm³/mol. The number of rotatable bonds is 4. The second-order valence-electron chi connectivity index (χ2n) is 4.13. The normalized spacial score (nSPS) is 11.2. The highest BCUT2D eigenvalue weighted by Crippen LogP contribution is 2.26. The number of sulfonamides is 1. The van der Waals surface area contributed by atoms with E-state index in [-0.39, 0.29) is 11.4 Å². The van der Waals surface area contributed by atoms with Crippen LogP contribution in [0.25, 0.3) is 0 Å². The SMILES string of the molecule is COc1ccc(NS(=O)(=O)c2ccc(F)c(F)c2)c(N)c1. The molecule has 0 unspecified atom stereocenters. The summed E-state index contributed by atoms with van der Waals surface area (Å²) in [5.74, 6) is -1.92. The third kappa shape index (κ3) is 3.22. The molecule has 5 nitrogen and oxygen atoms in total.